The van der Waals surface area contributed by atoms with Gasteiger partial charge in [-0.2, -0.15) is 0 Å². The zero-order valence-corrected chi connectivity index (χ0v) is 14.5. The lowest BCUT2D eigenvalue weighted by molar-refractivity contribution is -0.162. The second-order valence-corrected chi connectivity index (χ2v) is 7.02. The predicted molar refractivity (Wildman–Crippen MR) is 89.6 cm³/mol. The van der Waals surface area contributed by atoms with Crippen LogP contribution in [-0.4, -0.2) is 48.2 Å². The molecule has 0 amide bonds. The Bertz CT molecular complexity index is 601. The minimum Gasteiger partial charge on any atom is -0.463 e. The SMILES string of the molecule is CC(C)OC(=O)C1C(OC(=O)c2ccccc2)C[C@H]2CC[C@H]1N2C. The summed E-state index contributed by atoms with van der Waals surface area (Å²) in [5.41, 5.74) is 0.514. The summed E-state index contributed by atoms with van der Waals surface area (Å²) in [5.74, 6) is -1.04. The van der Waals surface area contributed by atoms with Gasteiger partial charge in [0.15, 0.2) is 0 Å². The van der Waals surface area contributed by atoms with Gasteiger partial charge < -0.3 is 9.47 Å². The molecular weight excluding hydrogens is 306 g/mol. The van der Waals surface area contributed by atoms with Gasteiger partial charge in [-0.15, -0.1) is 0 Å². The number of piperidine rings is 1. The number of fused-ring (bicyclic) bond motifs is 2. The minimum absolute atomic E-state index is 0.0866. The van der Waals surface area contributed by atoms with Crippen LogP contribution in [0.5, 0.6) is 0 Å². The normalized spacial score (nSPS) is 29.5. The Morgan fingerprint density at radius 1 is 1.17 bits per heavy atom. The third-order valence-corrected chi connectivity index (χ3v) is 5.11. The van der Waals surface area contributed by atoms with Crippen LogP contribution in [0.1, 0.15) is 43.5 Å². The maximum atomic E-state index is 12.6. The van der Waals surface area contributed by atoms with Gasteiger partial charge in [-0.05, 0) is 45.9 Å². The molecule has 5 nitrogen and oxygen atoms in total. The van der Waals surface area contributed by atoms with Crippen molar-refractivity contribution in [3.8, 4) is 0 Å². The van der Waals surface area contributed by atoms with E-state index in [4.69, 9.17) is 9.47 Å². The molecule has 2 fully saturated rings. The van der Waals surface area contributed by atoms with E-state index in [2.05, 4.69) is 4.90 Å². The lowest BCUT2D eigenvalue weighted by atomic mass is 9.87. The van der Waals surface area contributed by atoms with Gasteiger partial charge in [-0.1, -0.05) is 18.2 Å². The molecule has 4 atom stereocenters. The highest BCUT2D eigenvalue weighted by molar-refractivity contribution is 5.89. The molecule has 1 aromatic rings. The number of nitrogens with zero attached hydrogens (tertiary/aromatic N) is 1. The smallest absolute Gasteiger partial charge is 0.338 e. The van der Waals surface area contributed by atoms with Crippen molar-refractivity contribution >= 4 is 11.9 Å². The number of hydrogen-bond acceptors (Lipinski definition) is 5. The van der Waals surface area contributed by atoms with E-state index in [0.717, 1.165) is 12.8 Å². The summed E-state index contributed by atoms with van der Waals surface area (Å²) in [7, 11) is 2.05. The van der Waals surface area contributed by atoms with Crippen molar-refractivity contribution in [2.75, 3.05) is 7.05 Å². The first-order valence-corrected chi connectivity index (χ1v) is 8.66. The molecule has 2 aliphatic heterocycles. The molecule has 0 radical (unpaired) electrons. The first-order valence-electron chi connectivity index (χ1n) is 8.66. The summed E-state index contributed by atoms with van der Waals surface area (Å²) in [6, 6.07) is 9.38. The largest absolute Gasteiger partial charge is 0.463 e. The molecule has 0 aromatic heterocycles. The van der Waals surface area contributed by atoms with Crippen LogP contribution in [0.15, 0.2) is 30.3 Å². The molecular formula is C19H25NO4. The Morgan fingerprint density at radius 3 is 2.54 bits per heavy atom. The van der Waals surface area contributed by atoms with Gasteiger partial charge in [-0.25, -0.2) is 4.79 Å². The van der Waals surface area contributed by atoms with Crippen molar-refractivity contribution in [3.63, 3.8) is 0 Å². The maximum Gasteiger partial charge on any atom is 0.338 e. The summed E-state index contributed by atoms with van der Waals surface area (Å²) in [5, 5.41) is 0. The van der Waals surface area contributed by atoms with E-state index in [1.807, 2.05) is 27.0 Å². The molecule has 5 heteroatoms. The summed E-state index contributed by atoms with van der Waals surface area (Å²) in [4.78, 5) is 27.3. The van der Waals surface area contributed by atoms with Crippen LogP contribution >= 0.6 is 0 Å². The van der Waals surface area contributed by atoms with Gasteiger partial charge in [0.25, 0.3) is 0 Å². The van der Waals surface area contributed by atoms with Crippen LogP contribution in [-0.2, 0) is 14.3 Å². The Hall–Kier alpha value is -1.88. The Labute approximate surface area is 142 Å². The van der Waals surface area contributed by atoms with Gasteiger partial charge in [0.2, 0.25) is 0 Å². The average molecular weight is 331 g/mol. The molecule has 3 rings (SSSR count). The van der Waals surface area contributed by atoms with Crippen LogP contribution in [0.3, 0.4) is 0 Å². The summed E-state index contributed by atoms with van der Waals surface area (Å²) in [6.45, 7) is 3.68. The molecule has 24 heavy (non-hydrogen) atoms. The molecule has 0 spiro atoms. The van der Waals surface area contributed by atoms with Crippen LogP contribution in [0.4, 0.5) is 0 Å². The van der Waals surface area contributed by atoms with E-state index < -0.39 is 12.0 Å². The predicted octanol–water partition coefficient (Wildman–Crippen LogP) is 2.65. The second-order valence-electron chi connectivity index (χ2n) is 7.02. The van der Waals surface area contributed by atoms with Gasteiger partial charge in [0.1, 0.15) is 12.0 Å². The summed E-state index contributed by atoms with van der Waals surface area (Å²) in [6.07, 6.45) is 2.07. The Kier molecular flexibility index (Phi) is 4.90. The number of carbonyl (C=O) groups is 2. The maximum absolute atomic E-state index is 12.6. The van der Waals surface area contributed by atoms with E-state index in [1.165, 1.54) is 0 Å². The van der Waals surface area contributed by atoms with E-state index in [9.17, 15) is 9.59 Å². The third-order valence-electron chi connectivity index (χ3n) is 5.11. The minimum atomic E-state index is -0.419. The van der Waals surface area contributed by atoms with Crippen molar-refractivity contribution in [2.24, 2.45) is 5.92 Å². The molecule has 1 aromatic carbocycles. The molecule has 2 heterocycles. The molecule has 2 bridgehead atoms. The highest BCUT2D eigenvalue weighted by Crippen LogP contribution is 2.40. The fourth-order valence-corrected chi connectivity index (χ4v) is 3.94. The van der Waals surface area contributed by atoms with Crippen LogP contribution in [0.25, 0.3) is 0 Å². The van der Waals surface area contributed by atoms with Crippen LogP contribution in [0, 0.1) is 5.92 Å². The standard InChI is InChI=1S/C19H25NO4/c1-12(2)23-19(22)17-15-10-9-14(20(15)3)11-16(17)24-18(21)13-7-5-4-6-8-13/h4-8,12,14-17H,9-11H2,1-3H3/t14-,15-,16?,17?/m1/s1. The topological polar surface area (TPSA) is 55.8 Å². The molecule has 2 saturated heterocycles. The highest BCUT2D eigenvalue weighted by atomic mass is 16.6. The monoisotopic (exact) mass is 331 g/mol. The van der Waals surface area contributed by atoms with E-state index >= 15 is 0 Å². The first kappa shape index (κ1) is 17.0. The van der Waals surface area contributed by atoms with Crippen molar-refractivity contribution in [1.29, 1.82) is 0 Å². The molecule has 2 unspecified atom stereocenters. The second kappa shape index (κ2) is 6.93. The fraction of sp³-hybridized carbons (Fsp3) is 0.579. The Morgan fingerprint density at radius 2 is 1.88 bits per heavy atom. The average Bonchev–Trinajstić information content (AvgIpc) is 2.79. The summed E-state index contributed by atoms with van der Waals surface area (Å²) >= 11 is 0. The number of ether oxygens (including phenoxy) is 2. The van der Waals surface area contributed by atoms with Gasteiger partial charge in [-0.3, -0.25) is 9.69 Å². The van der Waals surface area contributed by atoms with Gasteiger partial charge in [0, 0.05) is 18.5 Å². The zero-order valence-electron chi connectivity index (χ0n) is 14.5. The third kappa shape index (κ3) is 3.31. The van der Waals surface area contributed by atoms with Crippen molar-refractivity contribution < 1.29 is 19.1 Å². The van der Waals surface area contributed by atoms with E-state index in [1.54, 1.807) is 24.3 Å². The number of hydrogen-bond donors (Lipinski definition) is 0. The van der Waals surface area contributed by atoms with Crippen molar-refractivity contribution in [3.05, 3.63) is 35.9 Å². The summed E-state index contributed by atoms with van der Waals surface area (Å²) < 4.78 is 11.2. The number of esters is 2. The van der Waals surface area contributed by atoms with Crippen LogP contribution < -0.4 is 0 Å². The molecule has 0 aliphatic carbocycles. The lowest BCUT2D eigenvalue weighted by Gasteiger charge is -2.41. The quantitative estimate of drug-likeness (QED) is 0.794. The molecule has 130 valence electrons. The van der Waals surface area contributed by atoms with Crippen molar-refractivity contribution in [2.45, 2.75) is 57.4 Å². The van der Waals surface area contributed by atoms with E-state index in [-0.39, 0.29) is 24.1 Å². The lowest BCUT2D eigenvalue weighted by Crippen LogP contribution is -2.54. The number of carbonyl (C=O) groups excluding carboxylic acids is 2. The highest BCUT2D eigenvalue weighted by Gasteiger charge is 2.51. The van der Waals surface area contributed by atoms with Crippen LogP contribution in [0.2, 0.25) is 0 Å². The van der Waals surface area contributed by atoms with Crippen molar-refractivity contribution in [1.82, 2.24) is 4.90 Å². The zero-order chi connectivity index (χ0) is 17.3. The Balaban J connectivity index is 1.79. The van der Waals surface area contributed by atoms with Gasteiger partial charge >= 0.3 is 11.9 Å². The molecule has 2 aliphatic rings. The van der Waals surface area contributed by atoms with Gasteiger partial charge in [0.05, 0.1) is 11.7 Å². The number of rotatable bonds is 4. The first-order chi connectivity index (χ1) is 11.5. The molecule has 0 N–H and O–H groups in total. The van der Waals surface area contributed by atoms with E-state index in [0.29, 0.717) is 18.0 Å². The fourth-order valence-electron chi connectivity index (χ4n) is 3.94. The number of benzene rings is 1. The molecule has 0 saturated carbocycles.